The van der Waals surface area contributed by atoms with E-state index in [1.807, 2.05) is 0 Å². The van der Waals surface area contributed by atoms with E-state index in [9.17, 15) is 0 Å². The van der Waals surface area contributed by atoms with Crippen LogP contribution in [0.3, 0.4) is 0 Å². The van der Waals surface area contributed by atoms with Crippen LogP contribution in [-0.4, -0.2) is 25.3 Å². The molecular weight excluding hydrogens is 250 g/mol. The second-order valence-corrected chi connectivity index (χ2v) is 6.36. The predicted molar refractivity (Wildman–Crippen MR) is 79.8 cm³/mol. The van der Waals surface area contributed by atoms with Crippen molar-refractivity contribution < 1.29 is 0 Å². The molecule has 2 rings (SSSR count). The van der Waals surface area contributed by atoms with Gasteiger partial charge in [-0.05, 0) is 44.4 Å². The molecule has 0 fully saturated rings. The molecule has 0 aromatic carbocycles. The zero-order valence-electron chi connectivity index (χ0n) is 12.9. The van der Waals surface area contributed by atoms with Gasteiger partial charge in [-0.25, -0.2) is 14.6 Å². The Kier molecular flexibility index (Phi) is 4.18. The number of rotatable bonds is 4. The van der Waals surface area contributed by atoms with Crippen molar-refractivity contribution in [3.8, 4) is 5.82 Å². The molecule has 5 heteroatoms. The SMILES string of the molecule is CC(C)c1cc(CNC(C)(C)C)cc(-n2cncn2)n1. The maximum atomic E-state index is 4.65. The molecule has 0 aliphatic rings. The average Bonchev–Trinajstić information content (AvgIpc) is 2.89. The summed E-state index contributed by atoms with van der Waals surface area (Å²) in [6.07, 6.45) is 3.20. The molecule has 0 bridgehead atoms. The lowest BCUT2D eigenvalue weighted by molar-refractivity contribution is 0.424. The van der Waals surface area contributed by atoms with Crippen LogP contribution in [0.4, 0.5) is 0 Å². The highest BCUT2D eigenvalue weighted by atomic mass is 15.3. The average molecular weight is 273 g/mol. The largest absolute Gasteiger partial charge is 0.308 e. The van der Waals surface area contributed by atoms with Crippen molar-refractivity contribution in [1.82, 2.24) is 25.1 Å². The molecule has 1 N–H and O–H groups in total. The van der Waals surface area contributed by atoms with Gasteiger partial charge in [-0.1, -0.05) is 13.8 Å². The van der Waals surface area contributed by atoms with E-state index >= 15 is 0 Å². The Balaban J connectivity index is 2.32. The fourth-order valence-electron chi connectivity index (χ4n) is 1.80. The van der Waals surface area contributed by atoms with Crippen LogP contribution in [0.15, 0.2) is 24.8 Å². The number of pyridine rings is 1. The van der Waals surface area contributed by atoms with E-state index in [4.69, 9.17) is 0 Å². The van der Waals surface area contributed by atoms with E-state index in [-0.39, 0.29) is 5.54 Å². The van der Waals surface area contributed by atoms with Gasteiger partial charge < -0.3 is 5.32 Å². The van der Waals surface area contributed by atoms with Crippen molar-refractivity contribution in [3.63, 3.8) is 0 Å². The van der Waals surface area contributed by atoms with Crippen LogP contribution >= 0.6 is 0 Å². The summed E-state index contributed by atoms with van der Waals surface area (Å²) in [7, 11) is 0. The summed E-state index contributed by atoms with van der Waals surface area (Å²) in [6, 6.07) is 4.21. The Bertz CT molecular complexity index is 552. The Hall–Kier alpha value is -1.75. The summed E-state index contributed by atoms with van der Waals surface area (Å²) in [4.78, 5) is 8.64. The minimum absolute atomic E-state index is 0.0919. The van der Waals surface area contributed by atoms with Gasteiger partial charge in [-0.2, -0.15) is 5.10 Å². The van der Waals surface area contributed by atoms with E-state index in [1.165, 1.54) is 11.9 Å². The Morgan fingerprint density at radius 2 is 2.00 bits per heavy atom. The minimum atomic E-state index is 0.0919. The highest BCUT2D eigenvalue weighted by Crippen LogP contribution is 2.17. The second kappa shape index (κ2) is 5.71. The zero-order chi connectivity index (χ0) is 14.8. The fraction of sp³-hybridized carbons (Fsp3) is 0.533. The van der Waals surface area contributed by atoms with Crippen molar-refractivity contribution in [3.05, 3.63) is 36.0 Å². The van der Waals surface area contributed by atoms with Crippen molar-refractivity contribution >= 4 is 0 Å². The van der Waals surface area contributed by atoms with E-state index in [1.54, 1.807) is 11.0 Å². The minimum Gasteiger partial charge on any atom is -0.308 e. The van der Waals surface area contributed by atoms with Crippen LogP contribution in [0.5, 0.6) is 0 Å². The van der Waals surface area contributed by atoms with E-state index in [0.29, 0.717) is 5.92 Å². The third-order valence-corrected chi connectivity index (χ3v) is 2.96. The van der Waals surface area contributed by atoms with Gasteiger partial charge in [0.2, 0.25) is 0 Å². The lowest BCUT2D eigenvalue weighted by Gasteiger charge is -2.21. The van der Waals surface area contributed by atoms with Crippen LogP contribution in [0, 0.1) is 0 Å². The van der Waals surface area contributed by atoms with Gasteiger partial charge in [0.05, 0.1) is 0 Å². The number of nitrogens with zero attached hydrogens (tertiary/aromatic N) is 4. The highest BCUT2D eigenvalue weighted by Gasteiger charge is 2.12. The van der Waals surface area contributed by atoms with Gasteiger partial charge in [0, 0.05) is 17.8 Å². The summed E-state index contributed by atoms with van der Waals surface area (Å²) in [5, 5.41) is 7.66. The molecule has 0 atom stereocenters. The van der Waals surface area contributed by atoms with Gasteiger partial charge in [0.25, 0.3) is 0 Å². The molecule has 0 aliphatic heterocycles. The molecule has 2 heterocycles. The molecule has 0 saturated heterocycles. The van der Waals surface area contributed by atoms with Crippen molar-refractivity contribution in [2.24, 2.45) is 0 Å². The topological polar surface area (TPSA) is 55.6 Å². The van der Waals surface area contributed by atoms with Crippen LogP contribution in [0.25, 0.3) is 5.82 Å². The van der Waals surface area contributed by atoms with Crippen molar-refractivity contribution in [1.29, 1.82) is 0 Å². The number of nitrogens with one attached hydrogen (secondary N) is 1. The van der Waals surface area contributed by atoms with Crippen molar-refractivity contribution in [2.75, 3.05) is 0 Å². The van der Waals surface area contributed by atoms with Crippen LogP contribution in [-0.2, 0) is 6.54 Å². The first-order valence-corrected chi connectivity index (χ1v) is 6.96. The Morgan fingerprint density at radius 1 is 1.25 bits per heavy atom. The molecule has 0 spiro atoms. The number of hydrogen-bond acceptors (Lipinski definition) is 4. The monoisotopic (exact) mass is 273 g/mol. The molecular formula is C15H23N5. The third kappa shape index (κ3) is 3.87. The Morgan fingerprint density at radius 3 is 2.55 bits per heavy atom. The van der Waals surface area contributed by atoms with E-state index in [0.717, 1.165) is 18.1 Å². The van der Waals surface area contributed by atoms with E-state index < -0.39 is 0 Å². The Labute approximate surface area is 120 Å². The van der Waals surface area contributed by atoms with Gasteiger partial charge in [-0.15, -0.1) is 0 Å². The summed E-state index contributed by atoms with van der Waals surface area (Å²) in [5.41, 5.74) is 2.38. The first-order chi connectivity index (χ1) is 9.35. The molecule has 2 aromatic heterocycles. The molecule has 0 aliphatic carbocycles. The van der Waals surface area contributed by atoms with E-state index in [2.05, 4.69) is 67.1 Å². The zero-order valence-corrected chi connectivity index (χ0v) is 12.9. The third-order valence-electron chi connectivity index (χ3n) is 2.96. The maximum absolute atomic E-state index is 4.65. The summed E-state index contributed by atoms with van der Waals surface area (Å²) in [5.74, 6) is 1.20. The van der Waals surface area contributed by atoms with Crippen molar-refractivity contribution in [2.45, 2.75) is 52.6 Å². The molecule has 0 amide bonds. The van der Waals surface area contributed by atoms with Gasteiger partial charge in [0.15, 0.2) is 5.82 Å². The normalized spacial score (nSPS) is 12.1. The van der Waals surface area contributed by atoms with Crippen LogP contribution in [0.2, 0.25) is 0 Å². The molecule has 5 nitrogen and oxygen atoms in total. The summed E-state index contributed by atoms with van der Waals surface area (Å²) < 4.78 is 1.70. The van der Waals surface area contributed by atoms with Crippen LogP contribution in [0.1, 0.15) is 51.8 Å². The lowest BCUT2D eigenvalue weighted by atomic mass is 10.1. The van der Waals surface area contributed by atoms with Gasteiger partial charge in [-0.3, -0.25) is 0 Å². The van der Waals surface area contributed by atoms with Gasteiger partial charge in [0.1, 0.15) is 12.7 Å². The first-order valence-electron chi connectivity index (χ1n) is 6.96. The summed E-state index contributed by atoms with van der Waals surface area (Å²) in [6.45, 7) is 11.6. The first kappa shape index (κ1) is 14.7. The number of aromatic nitrogens is 4. The highest BCUT2D eigenvalue weighted by molar-refractivity contribution is 5.31. The molecule has 0 unspecified atom stereocenters. The predicted octanol–water partition coefficient (Wildman–Crippen LogP) is 2.67. The standard InChI is InChI=1S/C15H23N5/c1-11(2)13-6-12(8-17-15(3,4)5)7-14(19-13)20-10-16-9-18-20/h6-7,9-11,17H,8H2,1-5H3. The molecule has 108 valence electrons. The molecule has 0 saturated carbocycles. The van der Waals surface area contributed by atoms with Crippen LogP contribution < -0.4 is 5.32 Å². The summed E-state index contributed by atoms with van der Waals surface area (Å²) >= 11 is 0. The molecule has 20 heavy (non-hydrogen) atoms. The second-order valence-electron chi connectivity index (χ2n) is 6.36. The molecule has 2 aromatic rings. The fourth-order valence-corrected chi connectivity index (χ4v) is 1.80. The van der Waals surface area contributed by atoms with Gasteiger partial charge >= 0.3 is 0 Å². The maximum Gasteiger partial charge on any atom is 0.155 e. The lowest BCUT2D eigenvalue weighted by Crippen LogP contribution is -2.35. The quantitative estimate of drug-likeness (QED) is 0.930. The smallest absolute Gasteiger partial charge is 0.155 e. The molecule has 0 radical (unpaired) electrons. The number of hydrogen-bond donors (Lipinski definition) is 1.